The Kier molecular flexibility index (Phi) is 5.44. The fourth-order valence-electron chi connectivity index (χ4n) is 2.42. The van der Waals surface area contributed by atoms with Crippen LogP contribution < -0.4 is 10.1 Å². The van der Waals surface area contributed by atoms with E-state index in [0.29, 0.717) is 23.4 Å². The van der Waals surface area contributed by atoms with Gasteiger partial charge in [-0.15, -0.1) is 0 Å². The Morgan fingerprint density at radius 1 is 1.26 bits per heavy atom. The molecule has 0 heterocycles. The summed E-state index contributed by atoms with van der Waals surface area (Å²) in [5.74, 6) is 0.569. The van der Waals surface area contributed by atoms with E-state index in [1.54, 1.807) is 13.0 Å². The summed E-state index contributed by atoms with van der Waals surface area (Å²) in [7, 11) is 0. The van der Waals surface area contributed by atoms with Crippen LogP contribution in [0.15, 0.2) is 46.9 Å². The summed E-state index contributed by atoms with van der Waals surface area (Å²) in [5.41, 5.74) is 0.656. The molecule has 2 N–H and O–H groups in total. The number of halogens is 1. The van der Waals surface area contributed by atoms with Crippen molar-refractivity contribution in [1.82, 2.24) is 0 Å². The van der Waals surface area contributed by atoms with Gasteiger partial charge in [-0.3, -0.25) is 4.79 Å². The quantitative estimate of drug-likeness (QED) is 0.825. The molecule has 122 valence electrons. The first-order valence-corrected chi connectivity index (χ1v) is 8.17. The van der Waals surface area contributed by atoms with Gasteiger partial charge >= 0.3 is 0 Å². The van der Waals surface area contributed by atoms with E-state index in [-0.39, 0.29) is 5.91 Å². The molecule has 2 aromatic carbocycles. The summed E-state index contributed by atoms with van der Waals surface area (Å²) in [6, 6.07) is 12.7. The molecule has 1 atom stereocenters. The third-order valence-electron chi connectivity index (χ3n) is 3.54. The SMILES string of the molecule is CCOc1ccc(C(C)(O)c2cc(Br)ccc2NC(C)=O)cc1. The van der Waals surface area contributed by atoms with Gasteiger partial charge in [0.15, 0.2) is 0 Å². The number of carbonyl (C=O) groups is 1. The molecule has 0 fully saturated rings. The van der Waals surface area contributed by atoms with Crippen LogP contribution in [0.4, 0.5) is 5.69 Å². The zero-order valence-electron chi connectivity index (χ0n) is 13.4. The Hall–Kier alpha value is -1.85. The Morgan fingerprint density at radius 2 is 1.91 bits per heavy atom. The molecule has 0 bridgehead atoms. The summed E-state index contributed by atoms with van der Waals surface area (Å²) >= 11 is 3.42. The van der Waals surface area contributed by atoms with Gasteiger partial charge in [-0.1, -0.05) is 28.1 Å². The van der Waals surface area contributed by atoms with Crippen molar-refractivity contribution in [2.24, 2.45) is 0 Å². The minimum Gasteiger partial charge on any atom is -0.494 e. The highest BCUT2D eigenvalue weighted by molar-refractivity contribution is 9.10. The molecule has 0 aromatic heterocycles. The number of benzene rings is 2. The first-order chi connectivity index (χ1) is 10.8. The van der Waals surface area contributed by atoms with Crippen molar-refractivity contribution in [3.05, 3.63) is 58.1 Å². The van der Waals surface area contributed by atoms with Crippen LogP contribution in [0, 0.1) is 0 Å². The highest BCUT2D eigenvalue weighted by atomic mass is 79.9. The second kappa shape index (κ2) is 7.15. The Morgan fingerprint density at radius 3 is 2.48 bits per heavy atom. The molecule has 1 unspecified atom stereocenters. The van der Waals surface area contributed by atoms with Gasteiger partial charge in [0.05, 0.1) is 6.61 Å². The topological polar surface area (TPSA) is 58.6 Å². The van der Waals surface area contributed by atoms with Crippen LogP contribution in [0.3, 0.4) is 0 Å². The second-order valence-electron chi connectivity index (χ2n) is 5.40. The van der Waals surface area contributed by atoms with Gasteiger partial charge in [-0.2, -0.15) is 0 Å². The van der Waals surface area contributed by atoms with Gasteiger partial charge in [0.25, 0.3) is 0 Å². The lowest BCUT2D eigenvalue weighted by Gasteiger charge is -2.27. The average molecular weight is 378 g/mol. The lowest BCUT2D eigenvalue weighted by molar-refractivity contribution is -0.114. The molecule has 0 aliphatic rings. The van der Waals surface area contributed by atoms with Gasteiger partial charge in [0.2, 0.25) is 5.91 Å². The highest BCUT2D eigenvalue weighted by Gasteiger charge is 2.29. The lowest BCUT2D eigenvalue weighted by Crippen LogP contribution is -2.25. The van der Waals surface area contributed by atoms with E-state index in [4.69, 9.17) is 4.74 Å². The number of hydrogen-bond acceptors (Lipinski definition) is 3. The maximum absolute atomic E-state index is 11.4. The number of anilines is 1. The van der Waals surface area contributed by atoms with Crippen molar-refractivity contribution in [3.8, 4) is 5.75 Å². The molecule has 0 aliphatic heterocycles. The molecule has 0 saturated heterocycles. The van der Waals surface area contributed by atoms with E-state index < -0.39 is 5.60 Å². The van der Waals surface area contributed by atoms with Crippen molar-refractivity contribution in [2.45, 2.75) is 26.4 Å². The van der Waals surface area contributed by atoms with Crippen molar-refractivity contribution in [1.29, 1.82) is 0 Å². The molecule has 0 saturated carbocycles. The van der Waals surface area contributed by atoms with Gasteiger partial charge in [-0.05, 0) is 49.7 Å². The van der Waals surface area contributed by atoms with E-state index >= 15 is 0 Å². The molecular formula is C18H20BrNO3. The maximum atomic E-state index is 11.4. The molecule has 1 amide bonds. The third-order valence-corrected chi connectivity index (χ3v) is 4.04. The van der Waals surface area contributed by atoms with Crippen LogP contribution in [0.1, 0.15) is 31.9 Å². The fourth-order valence-corrected chi connectivity index (χ4v) is 2.78. The summed E-state index contributed by atoms with van der Waals surface area (Å²) in [5, 5.41) is 13.8. The Bertz CT molecular complexity index is 696. The average Bonchev–Trinajstić information content (AvgIpc) is 2.49. The molecule has 0 aliphatic carbocycles. The normalized spacial score (nSPS) is 13.3. The van der Waals surface area contributed by atoms with E-state index in [1.807, 2.05) is 43.3 Å². The second-order valence-corrected chi connectivity index (χ2v) is 6.32. The molecule has 5 heteroatoms. The first-order valence-electron chi connectivity index (χ1n) is 7.38. The number of carbonyl (C=O) groups excluding carboxylic acids is 1. The lowest BCUT2D eigenvalue weighted by atomic mass is 9.87. The van der Waals surface area contributed by atoms with Crippen molar-refractivity contribution in [2.75, 3.05) is 11.9 Å². The van der Waals surface area contributed by atoms with Crippen molar-refractivity contribution in [3.63, 3.8) is 0 Å². The van der Waals surface area contributed by atoms with Crippen LogP contribution in [0.5, 0.6) is 5.75 Å². The molecule has 2 aromatic rings. The minimum atomic E-state index is -1.26. The predicted octanol–water partition coefficient (Wildman–Crippen LogP) is 4.06. The van der Waals surface area contributed by atoms with Crippen molar-refractivity contribution < 1.29 is 14.6 Å². The molecule has 23 heavy (non-hydrogen) atoms. The van der Waals surface area contributed by atoms with Crippen LogP contribution in [-0.2, 0) is 10.4 Å². The molecular weight excluding hydrogens is 358 g/mol. The number of rotatable bonds is 5. The number of hydrogen-bond donors (Lipinski definition) is 2. The van der Waals surface area contributed by atoms with E-state index in [0.717, 1.165) is 10.2 Å². The zero-order chi connectivity index (χ0) is 17.0. The van der Waals surface area contributed by atoms with E-state index in [2.05, 4.69) is 21.2 Å². The van der Waals surface area contributed by atoms with Gasteiger partial charge in [0.1, 0.15) is 11.4 Å². The van der Waals surface area contributed by atoms with Crippen molar-refractivity contribution >= 4 is 27.5 Å². The molecule has 0 spiro atoms. The Balaban J connectivity index is 2.45. The first kappa shape index (κ1) is 17.5. The molecule has 2 rings (SSSR count). The van der Waals surface area contributed by atoms with Crippen LogP contribution in [0.25, 0.3) is 0 Å². The number of amides is 1. The van der Waals surface area contributed by atoms with E-state index in [1.165, 1.54) is 6.92 Å². The smallest absolute Gasteiger partial charge is 0.221 e. The van der Waals surface area contributed by atoms with Gasteiger partial charge in [-0.25, -0.2) is 0 Å². The summed E-state index contributed by atoms with van der Waals surface area (Å²) in [6.07, 6.45) is 0. The monoisotopic (exact) mass is 377 g/mol. The number of nitrogens with one attached hydrogen (secondary N) is 1. The standard InChI is InChI=1S/C18H20BrNO3/c1-4-23-15-8-5-13(6-9-15)18(3,22)16-11-14(19)7-10-17(16)20-12(2)21/h5-11,22H,4H2,1-3H3,(H,20,21). The third kappa shape index (κ3) is 4.12. The van der Waals surface area contributed by atoms with Crippen LogP contribution >= 0.6 is 15.9 Å². The van der Waals surface area contributed by atoms with Gasteiger partial charge in [0, 0.05) is 22.6 Å². The zero-order valence-corrected chi connectivity index (χ0v) is 15.0. The number of ether oxygens (including phenoxy) is 1. The maximum Gasteiger partial charge on any atom is 0.221 e. The summed E-state index contributed by atoms with van der Waals surface area (Å²) in [4.78, 5) is 11.4. The highest BCUT2D eigenvalue weighted by Crippen LogP contribution is 2.36. The van der Waals surface area contributed by atoms with E-state index in [9.17, 15) is 9.90 Å². The molecule has 0 radical (unpaired) electrons. The van der Waals surface area contributed by atoms with Gasteiger partial charge < -0.3 is 15.2 Å². The largest absolute Gasteiger partial charge is 0.494 e. The Labute approximate surface area is 144 Å². The summed E-state index contributed by atoms with van der Waals surface area (Å²) < 4.78 is 6.26. The van der Waals surface area contributed by atoms with Crippen LogP contribution in [0.2, 0.25) is 0 Å². The minimum absolute atomic E-state index is 0.184. The number of aliphatic hydroxyl groups is 1. The van der Waals surface area contributed by atoms with Crippen LogP contribution in [-0.4, -0.2) is 17.6 Å². The fraction of sp³-hybridized carbons (Fsp3) is 0.278. The summed E-state index contributed by atoms with van der Waals surface area (Å²) in [6.45, 7) is 5.66. The molecule has 4 nitrogen and oxygen atoms in total. The predicted molar refractivity (Wildman–Crippen MR) is 94.7 cm³/mol.